The van der Waals surface area contributed by atoms with Gasteiger partial charge in [0.15, 0.2) is 0 Å². The Kier molecular flexibility index (Phi) is 5.43. The smallest absolute Gasteiger partial charge is 0.223 e. The lowest BCUT2D eigenvalue weighted by molar-refractivity contribution is -0.408. The van der Waals surface area contributed by atoms with E-state index in [4.69, 9.17) is 15.5 Å². The number of hydrogen-bond acceptors (Lipinski definition) is 7. The molecule has 3 rings (SSSR count). The summed E-state index contributed by atoms with van der Waals surface area (Å²) in [6.45, 7) is 6.75. The van der Waals surface area contributed by atoms with Crippen LogP contribution in [0.5, 0.6) is 5.88 Å². The Morgan fingerprint density at radius 3 is 2.62 bits per heavy atom. The number of aryl methyl sites for hydroxylation is 1. The van der Waals surface area contributed by atoms with Crippen molar-refractivity contribution in [3.05, 3.63) is 29.7 Å². The molecule has 0 aromatic carbocycles. The maximum atomic E-state index is 6.32. The third kappa shape index (κ3) is 4.12. The van der Waals surface area contributed by atoms with E-state index in [0.29, 0.717) is 11.8 Å². The average molecular weight is 360 g/mol. The van der Waals surface area contributed by atoms with Crippen LogP contribution in [0.3, 0.4) is 0 Å². The average Bonchev–Trinajstić information content (AvgIpc) is 2.51. The Hall–Kier alpha value is -1.80. The Balaban J connectivity index is 1.74. The number of pyridine rings is 2. The van der Waals surface area contributed by atoms with Gasteiger partial charge in [0.05, 0.1) is 12.5 Å². The third-order valence-electron chi connectivity index (χ3n) is 4.75. The number of fused-ring (bicyclic) bond motifs is 1. The lowest BCUT2D eigenvalue weighted by Gasteiger charge is -2.36. The van der Waals surface area contributed by atoms with Gasteiger partial charge in [-0.25, -0.2) is 9.87 Å². The molecule has 1 saturated carbocycles. The van der Waals surface area contributed by atoms with Gasteiger partial charge in [0, 0.05) is 37.2 Å². The number of nitrogens with two attached hydrogens (primary N) is 1. The quantitative estimate of drug-likeness (QED) is 0.600. The lowest BCUT2D eigenvalue weighted by Crippen LogP contribution is -2.40. The van der Waals surface area contributed by atoms with Gasteiger partial charge in [-0.05, 0) is 56.5 Å². The Bertz CT molecular complexity index is 769. The second kappa shape index (κ2) is 7.44. The highest BCUT2D eigenvalue weighted by molar-refractivity contribution is 5.89. The molecule has 0 radical (unpaired) electrons. The van der Waals surface area contributed by atoms with Crippen LogP contribution in [0, 0.1) is 12.8 Å². The van der Waals surface area contributed by atoms with Crippen molar-refractivity contribution in [2.75, 3.05) is 20.7 Å². The molecule has 7 nitrogen and oxygen atoms in total. The van der Waals surface area contributed by atoms with Crippen LogP contribution >= 0.6 is 0 Å². The van der Waals surface area contributed by atoms with E-state index in [1.54, 1.807) is 5.06 Å². The number of hydroxylamine groups is 2. The highest BCUT2D eigenvalue weighted by Crippen LogP contribution is 2.36. The van der Waals surface area contributed by atoms with Crippen molar-refractivity contribution in [1.29, 1.82) is 0 Å². The van der Waals surface area contributed by atoms with E-state index in [0.717, 1.165) is 41.4 Å². The fourth-order valence-electron chi connectivity index (χ4n) is 3.42. The number of ether oxygens (including phenoxy) is 1. The summed E-state index contributed by atoms with van der Waals surface area (Å²) in [6.07, 6.45) is 5.74. The zero-order chi connectivity index (χ0) is 18.9. The van der Waals surface area contributed by atoms with Crippen molar-refractivity contribution in [3.63, 3.8) is 0 Å². The molecule has 7 heteroatoms. The lowest BCUT2D eigenvalue weighted by atomic mass is 9.82. The van der Waals surface area contributed by atoms with Crippen LogP contribution in [0.1, 0.15) is 37.9 Å². The van der Waals surface area contributed by atoms with Crippen molar-refractivity contribution in [2.45, 2.75) is 45.3 Å². The van der Waals surface area contributed by atoms with Crippen LogP contribution in [-0.4, -0.2) is 41.8 Å². The van der Waals surface area contributed by atoms with Gasteiger partial charge in [0.25, 0.3) is 0 Å². The molecule has 2 N–H and O–H groups in total. The minimum atomic E-state index is -0.481. The van der Waals surface area contributed by atoms with Crippen molar-refractivity contribution in [1.82, 2.24) is 15.0 Å². The van der Waals surface area contributed by atoms with Crippen LogP contribution in [0.25, 0.3) is 10.8 Å². The molecule has 0 unspecified atom stereocenters. The van der Waals surface area contributed by atoms with Crippen LogP contribution in [-0.2, 0) is 15.4 Å². The first-order valence-electron chi connectivity index (χ1n) is 8.91. The normalized spacial score (nSPS) is 20.4. The molecule has 1 aliphatic carbocycles. The van der Waals surface area contributed by atoms with E-state index in [1.807, 2.05) is 40.2 Å². The van der Waals surface area contributed by atoms with Gasteiger partial charge in [0.1, 0.15) is 6.10 Å². The van der Waals surface area contributed by atoms with Crippen molar-refractivity contribution < 1.29 is 14.6 Å². The van der Waals surface area contributed by atoms with Crippen LogP contribution in [0.2, 0.25) is 0 Å². The molecule has 1 fully saturated rings. The predicted molar refractivity (Wildman–Crippen MR) is 99.4 cm³/mol. The van der Waals surface area contributed by atoms with E-state index >= 15 is 0 Å². The first-order chi connectivity index (χ1) is 12.3. The van der Waals surface area contributed by atoms with Gasteiger partial charge in [-0.2, -0.15) is 5.06 Å². The van der Waals surface area contributed by atoms with Crippen molar-refractivity contribution >= 4 is 10.8 Å². The fraction of sp³-hybridized carbons (Fsp3) is 0.579. The standard InChI is InChI=1S/C19H28N4O3/c1-12-6-15-16(9-21-12)18(22-10-17(15)19(2,3)20)25-14-7-13(8-14)11-23(4)26-24-5/h6,9-10,13-14H,7-8,11,20H2,1-5H3. The molecule has 1 aliphatic rings. The third-order valence-corrected chi connectivity index (χ3v) is 4.75. The summed E-state index contributed by atoms with van der Waals surface area (Å²) in [6, 6.07) is 2.05. The van der Waals surface area contributed by atoms with Gasteiger partial charge in [-0.1, -0.05) is 0 Å². The van der Waals surface area contributed by atoms with Gasteiger partial charge in [0.2, 0.25) is 5.88 Å². The second-order valence-corrected chi connectivity index (χ2v) is 7.70. The number of rotatable bonds is 7. The maximum Gasteiger partial charge on any atom is 0.223 e. The van der Waals surface area contributed by atoms with Gasteiger partial charge >= 0.3 is 0 Å². The summed E-state index contributed by atoms with van der Waals surface area (Å²) in [5, 5.41) is 3.66. The molecule has 2 aromatic heterocycles. The van der Waals surface area contributed by atoms with Crippen molar-refractivity contribution in [2.24, 2.45) is 11.7 Å². The van der Waals surface area contributed by atoms with Gasteiger partial charge in [-0.3, -0.25) is 4.98 Å². The van der Waals surface area contributed by atoms with Gasteiger partial charge < -0.3 is 10.5 Å². The molecule has 0 amide bonds. The summed E-state index contributed by atoms with van der Waals surface area (Å²) in [5.41, 5.74) is 7.79. The Morgan fingerprint density at radius 2 is 1.96 bits per heavy atom. The number of aromatic nitrogens is 2. The highest BCUT2D eigenvalue weighted by Gasteiger charge is 2.33. The van der Waals surface area contributed by atoms with E-state index in [2.05, 4.69) is 20.9 Å². The van der Waals surface area contributed by atoms with E-state index in [9.17, 15) is 0 Å². The Morgan fingerprint density at radius 1 is 1.23 bits per heavy atom. The van der Waals surface area contributed by atoms with Gasteiger partial charge in [-0.15, -0.1) is 4.99 Å². The van der Waals surface area contributed by atoms with E-state index in [-0.39, 0.29) is 6.10 Å². The van der Waals surface area contributed by atoms with Crippen LogP contribution < -0.4 is 10.5 Å². The molecule has 0 bridgehead atoms. The summed E-state index contributed by atoms with van der Waals surface area (Å²) in [7, 11) is 3.36. The molecule has 0 aliphatic heterocycles. The minimum Gasteiger partial charge on any atom is -0.474 e. The molecule has 2 heterocycles. The molecule has 26 heavy (non-hydrogen) atoms. The number of hydrogen-bond donors (Lipinski definition) is 1. The zero-order valence-corrected chi connectivity index (χ0v) is 16.2. The summed E-state index contributed by atoms with van der Waals surface area (Å²) in [5.74, 6) is 1.15. The molecule has 0 saturated heterocycles. The summed E-state index contributed by atoms with van der Waals surface area (Å²) in [4.78, 5) is 18.6. The largest absolute Gasteiger partial charge is 0.474 e. The predicted octanol–water partition coefficient (Wildman–Crippen LogP) is 2.71. The number of nitrogens with zero attached hydrogens (tertiary/aromatic N) is 3. The molecular formula is C19H28N4O3. The molecule has 0 spiro atoms. The SMILES string of the molecule is COON(C)CC1CC(Oc2ncc(C(C)(C)N)c3cc(C)ncc23)C1. The first kappa shape index (κ1) is 19.0. The summed E-state index contributed by atoms with van der Waals surface area (Å²) < 4.78 is 6.16. The molecule has 142 valence electrons. The van der Waals surface area contributed by atoms with Crippen LogP contribution in [0.4, 0.5) is 0 Å². The molecule has 0 atom stereocenters. The van der Waals surface area contributed by atoms with E-state index in [1.165, 1.54) is 7.11 Å². The highest BCUT2D eigenvalue weighted by atomic mass is 17.3. The first-order valence-corrected chi connectivity index (χ1v) is 8.91. The Labute approximate surface area is 154 Å². The minimum absolute atomic E-state index is 0.157. The topological polar surface area (TPSA) is 82.7 Å². The van der Waals surface area contributed by atoms with Crippen LogP contribution in [0.15, 0.2) is 18.5 Å². The molecular weight excluding hydrogens is 332 g/mol. The fourth-order valence-corrected chi connectivity index (χ4v) is 3.42. The monoisotopic (exact) mass is 360 g/mol. The van der Waals surface area contributed by atoms with Crippen molar-refractivity contribution in [3.8, 4) is 5.88 Å². The van der Waals surface area contributed by atoms with E-state index < -0.39 is 5.54 Å². The zero-order valence-electron chi connectivity index (χ0n) is 16.2. The summed E-state index contributed by atoms with van der Waals surface area (Å²) >= 11 is 0. The maximum absolute atomic E-state index is 6.32. The second-order valence-electron chi connectivity index (χ2n) is 7.70. The molecule has 2 aromatic rings.